The van der Waals surface area contributed by atoms with Crippen LogP contribution in [0.5, 0.6) is 0 Å². The Labute approximate surface area is 147 Å². The molecule has 0 aliphatic rings. The number of likely N-dealkylation sites (N-methyl/N-ethyl adjacent to an activating group) is 1. The molecular weight excluding hydrogens is 343 g/mol. The quantitative estimate of drug-likeness (QED) is 0.767. The fourth-order valence-electron chi connectivity index (χ4n) is 2.45. The first-order chi connectivity index (χ1) is 11.7. The van der Waals surface area contributed by atoms with Gasteiger partial charge in [-0.3, -0.25) is 4.79 Å². The van der Waals surface area contributed by atoms with Crippen molar-refractivity contribution in [1.82, 2.24) is 9.62 Å². The Morgan fingerprint density at radius 1 is 1.16 bits per heavy atom. The summed E-state index contributed by atoms with van der Waals surface area (Å²) in [7, 11) is -0.137. The zero-order valence-corrected chi connectivity index (χ0v) is 15.2. The summed E-state index contributed by atoms with van der Waals surface area (Å²) in [6.07, 6.45) is 0. The molecular formula is C18H21FN2O3S. The standard InChI is InChI=1S/C18H21FN2O3S/c1-13(22)14-7-9-17(10-8-14)25(23,24)20-12-18(21(2)3)15-5-4-6-16(19)11-15/h4-11,18,20H,12H2,1-3H3/t18-/m1/s1. The highest BCUT2D eigenvalue weighted by molar-refractivity contribution is 7.89. The maximum atomic E-state index is 13.4. The third kappa shape index (κ3) is 4.94. The lowest BCUT2D eigenvalue weighted by Gasteiger charge is -2.25. The van der Waals surface area contributed by atoms with Crippen molar-refractivity contribution in [3.8, 4) is 0 Å². The number of benzene rings is 2. The Bertz CT molecular complexity index is 849. The predicted molar refractivity (Wildman–Crippen MR) is 94.5 cm³/mol. The summed E-state index contributed by atoms with van der Waals surface area (Å²) >= 11 is 0. The molecule has 0 aliphatic heterocycles. The van der Waals surface area contributed by atoms with Crippen LogP contribution in [-0.2, 0) is 10.0 Å². The molecule has 0 aromatic heterocycles. The molecule has 0 bridgehead atoms. The summed E-state index contributed by atoms with van der Waals surface area (Å²) in [6, 6.07) is 11.5. The minimum atomic E-state index is -3.73. The van der Waals surface area contributed by atoms with Gasteiger partial charge in [0.1, 0.15) is 5.82 Å². The Kier molecular flexibility index (Phi) is 6.05. The summed E-state index contributed by atoms with van der Waals surface area (Å²) in [5.74, 6) is -0.497. The summed E-state index contributed by atoms with van der Waals surface area (Å²) in [5.41, 5.74) is 1.13. The van der Waals surface area contributed by atoms with Gasteiger partial charge < -0.3 is 4.90 Å². The van der Waals surface area contributed by atoms with Gasteiger partial charge >= 0.3 is 0 Å². The highest BCUT2D eigenvalue weighted by Crippen LogP contribution is 2.19. The van der Waals surface area contributed by atoms with Gasteiger partial charge in [-0.05, 0) is 50.8 Å². The Balaban J connectivity index is 2.17. The van der Waals surface area contributed by atoms with Crippen molar-refractivity contribution in [1.29, 1.82) is 0 Å². The Morgan fingerprint density at radius 2 is 1.80 bits per heavy atom. The summed E-state index contributed by atoms with van der Waals surface area (Å²) in [6.45, 7) is 1.51. The number of ketones is 1. The molecule has 2 rings (SSSR count). The van der Waals surface area contributed by atoms with Crippen LogP contribution >= 0.6 is 0 Å². The molecule has 0 amide bonds. The lowest BCUT2D eigenvalue weighted by Crippen LogP contribution is -2.34. The van der Waals surface area contributed by atoms with Gasteiger partial charge in [-0.25, -0.2) is 17.5 Å². The number of hydrogen-bond donors (Lipinski definition) is 1. The normalized spacial score (nSPS) is 13.0. The van der Waals surface area contributed by atoms with Crippen molar-refractivity contribution in [2.75, 3.05) is 20.6 Å². The van der Waals surface area contributed by atoms with E-state index in [1.54, 1.807) is 26.2 Å². The van der Waals surface area contributed by atoms with Crippen LogP contribution in [0.15, 0.2) is 53.4 Å². The maximum absolute atomic E-state index is 13.4. The van der Waals surface area contributed by atoms with Crippen LogP contribution in [0.25, 0.3) is 0 Å². The molecule has 0 saturated carbocycles. The van der Waals surface area contributed by atoms with Crippen molar-refractivity contribution in [3.63, 3.8) is 0 Å². The van der Waals surface area contributed by atoms with E-state index in [2.05, 4.69) is 4.72 Å². The van der Waals surface area contributed by atoms with Crippen LogP contribution < -0.4 is 4.72 Å². The van der Waals surface area contributed by atoms with Crippen molar-refractivity contribution in [2.45, 2.75) is 17.9 Å². The minimum absolute atomic E-state index is 0.0780. The second-order valence-corrected chi connectivity index (χ2v) is 7.73. The summed E-state index contributed by atoms with van der Waals surface area (Å²) in [5, 5.41) is 0. The van der Waals surface area contributed by atoms with E-state index in [1.807, 2.05) is 4.90 Å². The van der Waals surface area contributed by atoms with Gasteiger partial charge in [-0.1, -0.05) is 24.3 Å². The average molecular weight is 364 g/mol. The van der Waals surface area contributed by atoms with E-state index >= 15 is 0 Å². The molecule has 2 aromatic rings. The molecule has 0 fully saturated rings. The van der Waals surface area contributed by atoms with Crippen molar-refractivity contribution >= 4 is 15.8 Å². The zero-order valence-electron chi connectivity index (χ0n) is 14.4. The summed E-state index contributed by atoms with van der Waals surface area (Å²) in [4.78, 5) is 13.2. The van der Waals surface area contributed by atoms with E-state index in [-0.39, 0.29) is 29.1 Å². The largest absolute Gasteiger partial charge is 0.301 e. The molecule has 2 aromatic carbocycles. The molecule has 0 aliphatic carbocycles. The number of carbonyl (C=O) groups is 1. The molecule has 5 nitrogen and oxygen atoms in total. The Hall–Kier alpha value is -2.09. The molecule has 0 radical (unpaired) electrons. The lowest BCUT2D eigenvalue weighted by molar-refractivity contribution is 0.101. The van der Waals surface area contributed by atoms with Gasteiger partial charge in [0.15, 0.2) is 5.78 Å². The minimum Gasteiger partial charge on any atom is -0.301 e. The molecule has 7 heteroatoms. The molecule has 0 unspecified atom stereocenters. The van der Waals surface area contributed by atoms with Crippen molar-refractivity contribution in [3.05, 3.63) is 65.5 Å². The van der Waals surface area contributed by atoms with Gasteiger partial charge in [-0.15, -0.1) is 0 Å². The SMILES string of the molecule is CC(=O)c1ccc(S(=O)(=O)NC[C@H](c2cccc(F)c2)N(C)C)cc1. The smallest absolute Gasteiger partial charge is 0.240 e. The molecule has 0 spiro atoms. The van der Waals surface area contributed by atoms with Gasteiger partial charge in [0.2, 0.25) is 10.0 Å². The van der Waals surface area contributed by atoms with Gasteiger partial charge in [-0.2, -0.15) is 0 Å². The number of halogens is 1. The fraction of sp³-hybridized carbons (Fsp3) is 0.278. The average Bonchev–Trinajstić information content (AvgIpc) is 2.54. The van der Waals surface area contributed by atoms with Crippen LogP contribution in [0.1, 0.15) is 28.9 Å². The van der Waals surface area contributed by atoms with Crippen LogP contribution in [0, 0.1) is 5.82 Å². The van der Waals surface area contributed by atoms with Crippen LogP contribution in [0.3, 0.4) is 0 Å². The van der Waals surface area contributed by atoms with Gasteiger partial charge in [0.25, 0.3) is 0 Å². The zero-order chi connectivity index (χ0) is 18.6. The van der Waals surface area contributed by atoms with Crippen molar-refractivity contribution in [2.24, 2.45) is 0 Å². The number of nitrogens with zero attached hydrogens (tertiary/aromatic N) is 1. The summed E-state index contributed by atoms with van der Waals surface area (Å²) < 4.78 is 40.9. The first-order valence-corrected chi connectivity index (χ1v) is 9.21. The predicted octanol–water partition coefficient (Wildman–Crippen LogP) is 2.61. The second-order valence-electron chi connectivity index (χ2n) is 5.97. The molecule has 134 valence electrons. The van der Waals surface area contributed by atoms with E-state index in [9.17, 15) is 17.6 Å². The van der Waals surface area contributed by atoms with E-state index in [4.69, 9.17) is 0 Å². The number of carbonyl (C=O) groups excluding carboxylic acids is 1. The number of Topliss-reactive ketones (excluding diaryl/α,β-unsaturated/α-hetero) is 1. The van der Waals surface area contributed by atoms with E-state index in [0.29, 0.717) is 11.1 Å². The fourth-order valence-corrected chi connectivity index (χ4v) is 3.49. The topological polar surface area (TPSA) is 66.5 Å². The van der Waals surface area contributed by atoms with Crippen LogP contribution in [0.2, 0.25) is 0 Å². The van der Waals surface area contributed by atoms with Gasteiger partial charge in [0.05, 0.1) is 4.90 Å². The van der Waals surface area contributed by atoms with Crippen LogP contribution in [0.4, 0.5) is 4.39 Å². The van der Waals surface area contributed by atoms with Gasteiger partial charge in [0, 0.05) is 18.2 Å². The van der Waals surface area contributed by atoms with E-state index in [0.717, 1.165) is 0 Å². The molecule has 1 atom stereocenters. The lowest BCUT2D eigenvalue weighted by atomic mass is 10.1. The molecule has 0 saturated heterocycles. The maximum Gasteiger partial charge on any atom is 0.240 e. The first-order valence-electron chi connectivity index (χ1n) is 7.73. The number of rotatable bonds is 7. The monoisotopic (exact) mass is 364 g/mol. The number of hydrogen-bond acceptors (Lipinski definition) is 4. The third-order valence-corrected chi connectivity index (χ3v) is 5.33. The van der Waals surface area contributed by atoms with E-state index in [1.165, 1.54) is 43.3 Å². The highest BCUT2D eigenvalue weighted by atomic mass is 32.2. The third-order valence-electron chi connectivity index (χ3n) is 3.89. The number of sulfonamides is 1. The molecule has 1 N–H and O–H groups in total. The van der Waals surface area contributed by atoms with Crippen molar-refractivity contribution < 1.29 is 17.6 Å². The first kappa shape index (κ1) is 19.2. The van der Waals surface area contributed by atoms with Crippen LogP contribution in [-0.4, -0.2) is 39.7 Å². The second kappa shape index (κ2) is 7.86. The van der Waals surface area contributed by atoms with E-state index < -0.39 is 10.0 Å². The Morgan fingerprint density at radius 3 is 2.32 bits per heavy atom. The number of nitrogens with one attached hydrogen (secondary N) is 1. The highest BCUT2D eigenvalue weighted by Gasteiger charge is 2.20. The molecule has 0 heterocycles. The molecule has 25 heavy (non-hydrogen) atoms.